The molecule has 0 saturated heterocycles. The molecule has 2 atom stereocenters. The SMILES string of the molecule is CC(C)c1ccc2cc3c(cc2c1)c1cc(-c2ccc4oc5ccccc5c4c2)cc2c4cc5cc(C(C)CCC(C)c6ccc7cc8c(cc7c6)c6cc(-c7cccc9c7oc7ccccc79)cc7c9cc%10cc(C(C)C)ccc%10cc9n8c76)ccc5cc4n3c12. The molecule has 92 heavy (non-hydrogen) atoms. The van der Waals surface area contributed by atoms with Gasteiger partial charge in [0.2, 0.25) is 0 Å². The fourth-order valence-corrected chi connectivity index (χ4v) is 16.5. The van der Waals surface area contributed by atoms with Gasteiger partial charge in [0.15, 0.2) is 0 Å². The third-order valence-electron chi connectivity index (χ3n) is 21.6. The standard InChI is InChI=1S/C88H64N2O2/c1-47(2)51-20-24-56-43-79-70(35-60(56)30-51)75-39-64(55-28-29-85-74(34-55)68-13-8-9-16-83(68)91-85)40-76-71-37-62-32-53(22-26-58(62)45-80(71)89(79)86(75)76)49(5)18-19-50(6)54-23-27-59-46-82-73(38-63(59)33-54)78-42-65(66-14-11-15-69-67-12-7-10-17-84(67)92-88(66)69)41-77-72-36-61-31-52(48(3)4)21-25-57(61)44-81(72)90(82)87(77)78/h7-17,20-50H,18-19H2,1-6H3. The van der Waals surface area contributed by atoms with Crippen molar-refractivity contribution in [3.8, 4) is 22.3 Å². The second-order valence-electron chi connectivity index (χ2n) is 27.7. The van der Waals surface area contributed by atoms with Crippen molar-refractivity contribution < 1.29 is 8.83 Å². The van der Waals surface area contributed by atoms with Crippen LogP contribution >= 0.6 is 0 Å². The van der Waals surface area contributed by atoms with Crippen molar-refractivity contribution in [3.63, 3.8) is 0 Å². The van der Waals surface area contributed by atoms with Crippen LogP contribution in [0, 0.1) is 0 Å². The van der Waals surface area contributed by atoms with Crippen LogP contribution in [0.1, 0.15) is 100 Å². The molecule has 20 aromatic rings. The molecular formula is C88H64N2O2. The van der Waals surface area contributed by atoms with Crippen LogP contribution in [0.15, 0.2) is 239 Å². The summed E-state index contributed by atoms with van der Waals surface area (Å²) in [6.07, 6.45) is 2.17. The molecule has 0 N–H and O–H groups in total. The molecule has 4 heteroatoms. The minimum atomic E-state index is 0.377. The molecule has 0 aliphatic heterocycles. The van der Waals surface area contributed by atoms with Gasteiger partial charge in [-0.3, -0.25) is 0 Å². The van der Waals surface area contributed by atoms with E-state index in [1.807, 2.05) is 0 Å². The number of rotatable bonds is 9. The zero-order valence-electron chi connectivity index (χ0n) is 52.4. The highest BCUT2D eigenvalue weighted by Crippen LogP contribution is 2.49. The predicted molar refractivity (Wildman–Crippen MR) is 392 cm³/mol. The van der Waals surface area contributed by atoms with E-state index in [9.17, 15) is 0 Å². The Hall–Kier alpha value is -10.7. The van der Waals surface area contributed by atoms with E-state index in [-0.39, 0.29) is 0 Å². The molecule has 0 amide bonds. The van der Waals surface area contributed by atoms with Crippen LogP contribution in [0.4, 0.5) is 0 Å². The Morgan fingerprint density at radius 2 is 0.663 bits per heavy atom. The molecule has 0 spiro atoms. The van der Waals surface area contributed by atoms with Crippen molar-refractivity contribution in [1.29, 1.82) is 0 Å². The predicted octanol–water partition coefficient (Wildman–Crippen LogP) is 25.7. The minimum Gasteiger partial charge on any atom is -0.456 e. The number of nitrogens with zero attached hydrogens (tertiary/aromatic N) is 2. The van der Waals surface area contributed by atoms with Crippen molar-refractivity contribution in [1.82, 2.24) is 8.80 Å². The van der Waals surface area contributed by atoms with E-state index in [1.54, 1.807) is 0 Å². The molecule has 6 aromatic heterocycles. The second kappa shape index (κ2) is 18.9. The van der Waals surface area contributed by atoms with Gasteiger partial charge in [-0.05, 0) is 216 Å². The highest BCUT2D eigenvalue weighted by Gasteiger charge is 2.25. The number of fused-ring (bicyclic) bond motifs is 22. The van der Waals surface area contributed by atoms with Gasteiger partial charge < -0.3 is 17.6 Å². The van der Waals surface area contributed by atoms with Crippen LogP contribution in [-0.4, -0.2) is 8.80 Å². The summed E-state index contributed by atoms with van der Waals surface area (Å²) in [5.74, 6) is 1.66. The lowest BCUT2D eigenvalue weighted by atomic mass is 9.87. The summed E-state index contributed by atoms with van der Waals surface area (Å²) < 4.78 is 18.2. The first-order chi connectivity index (χ1) is 45.0. The van der Waals surface area contributed by atoms with E-state index in [4.69, 9.17) is 8.83 Å². The molecule has 6 heterocycles. The van der Waals surface area contributed by atoms with Gasteiger partial charge in [-0.1, -0.05) is 175 Å². The van der Waals surface area contributed by atoms with Gasteiger partial charge >= 0.3 is 0 Å². The van der Waals surface area contributed by atoms with Crippen LogP contribution in [0.2, 0.25) is 0 Å². The summed E-state index contributed by atoms with van der Waals surface area (Å²) in [5, 5.41) is 25.1. The molecule has 2 unspecified atom stereocenters. The molecule has 0 aliphatic carbocycles. The first kappa shape index (κ1) is 52.1. The molecule has 0 saturated carbocycles. The van der Waals surface area contributed by atoms with Crippen molar-refractivity contribution in [3.05, 3.63) is 253 Å². The summed E-state index contributed by atoms with van der Waals surface area (Å²) in [5.41, 5.74) is 21.5. The Balaban J connectivity index is 0.664. The lowest BCUT2D eigenvalue weighted by molar-refractivity contribution is 0.574. The topological polar surface area (TPSA) is 35.1 Å². The number of benzene rings is 14. The first-order valence-electron chi connectivity index (χ1n) is 33.1. The quantitative estimate of drug-likeness (QED) is 0.144. The molecule has 20 rings (SSSR count). The van der Waals surface area contributed by atoms with E-state index in [2.05, 4.69) is 281 Å². The van der Waals surface area contributed by atoms with Crippen molar-refractivity contribution >= 4 is 163 Å². The number of aromatic nitrogens is 2. The highest BCUT2D eigenvalue weighted by atomic mass is 16.3. The third kappa shape index (κ3) is 7.46. The number of hydrogen-bond donors (Lipinski definition) is 0. The minimum absolute atomic E-state index is 0.377. The molecule has 0 fully saturated rings. The fraction of sp³-hybridized carbons (Fsp3) is 0.136. The maximum absolute atomic E-state index is 6.72. The molecule has 0 bridgehead atoms. The molecular weight excluding hydrogens is 1120 g/mol. The van der Waals surface area contributed by atoms with Gasteiger partial charge in [0.05, 0.1) is 33.1 Å². The monoisotopic (exact) mass is 1180 g/mol. The highest BCUT2D eigenvalue weighted by molar-refractivity contribution is 6.29. The Kier molecular flexibility index (Phi) is 10.7. The van der Waals surface area contributed by atoms with Gasteiger partial charge in [0.1, 0.15) is 22.3 Å². The summed E-state index contributed by atoms with van der Waals surface area (Å²) in [7, 11) is 0. The molecule has 4 nitrogen and oxygen atoms in total. The summed E-state index contributed by atoms with van der Waals surface area (Å²) in [6, 6.07) is 88.1. The van der Waals surface area contributed by atoms with Crippen molar-refractivity contribution in [2.45, 2.75) is 78.1 Å². The van der Waals surface area contributed by atoms with Crippen molar-refractivity contribution in [2.75, 3.05) is 0 Å². The summed E-state index contributed by atoms with van der Waals surface area (Å²) in [6.45, 7) is 14.0. The van der Waals surface area contributed by atoms with Crippen LogP contribution in [0.25, 0.3) is 185 Å². The van der Waals surface area contributed by atoms with Crippen molar-refractivity contribution in [2.24, 2.45) is 0 Å². The van der Waals surface area contributed by atoms with Gasteiger partial charge in [-0.25, -0.2) is 0 Å². The van der Waals surface area contributed by atoms with Crippen LogP contribution in [0.5, 0.6) is 0 Å². The van der Waals surface area contributed by atoms with Crippen LogP contribution in [-0.2, 0) is 0 Å². The lowest BCUT2D eigenvalue weighted by Crippen LogP contribution is -1.99. The third-order valence-corrected chi connectivity index (χ3v) is 21.6. The molecule has 438 valence electrons. The Morgan fingerprint density at radius 1 is 0.272 bits per heavy atom. The average molecular weight is 1180 g/mol. The Labute approximate surface area is 530 Å². The average Bonchev–Trinajstić information content (AvgIpc) is 1.54. The van der Waals surface area contributed by atoms with E-state index >= 15 is 0 Å². The number of hydrogen-bond acceptors (Lipinski definition) is 2. The number of furan rings is 2. The molecule has 0 radical (unpaired) electrons. The van der Waals surface area contributed by atoms with E-state index in [0.717, 1.165) is 62.3 Å². The Bertz CT molecular complexity index is 6560. The van der Waals surface area contributed by atoms with E-state index in [0.29, 0.717) is 23.7 Å². The van der Waals surface area contributed by atoms with E-state index in [1.165, 1.54) is 158 Å². The molecule has 14 aromatic carbocycles. The smallest absolute Gasteiger partial charge is 0.143 e. The zero-order valence-corrected chi connectivity index (χ0v) is 52.4. The maximum atomic E-state index is 6.72. The molecule has 0 aliphatic rings. The second-order valence-corrected chi connectivity index (χ2v) is 27.7. The van der Waals surface area contributed by atoms with Gasteiger partial charge in [-0.2, -0.15) is 0 Å². The summed E-state index contributed by atoms with van der Waals surface area (Å²) >= 11 is 0. The zero-order chi connectivity index (χ0) is 61.1. The number of para-hydroxylation sites is 3. The van der Waals surface area contributed by atoms with E-state index < -0.39 is 0 Å². The fourth-order valence-electron chi connectivity index (χ4n) is 16.5. The normalized spacial score (nSPS) is 13.5. The largest absolute Gasteiger partial charge is 0.456 e. The Morgan fingerprint density at radius 3 is 1.14 bits per heavy atom. The van der Waals surface area contributed by atoms with Crippen LogP contribution < -0.4 is 0 Å². The maximum Gasteiger partial charge on any atom is 0.143 e. The lowest BCUT2D eigenvalue weighted by Gasteiger charge is -2.17. The van der Waals surface area contributed by atoms with Gasteiger partial charge in [0, 0.05) is 70.2 Å². The van der Waals surface area contributed by atoms with Gasteiger partial charge in [-0.15, -0.1) is 0 Å². The first-order valence-corrected chi connectivity index (χ1v) is 33.1. The summed E-state index contributed by atoms with van der Waals surface area (Å²) in [4.78, 5) is 0. The van der Waals surface area contributed by atoms with Gasteiger partial charge in [0.25, 0.3) is 0 Å². The van der Waals surface area contributed by atoms with Crippen LogP contribution in [0.3, 0.4) is 0 Å².